The van der Waals surface area contributed by atoms with E-state index in [2.05, 4.69) is 89.3 Å². The Bertz CT molecular complexity index is 547. The van der Waals surface area contributed by atoms with Crippen molar-refractivity contribution >= 4 is 11.8 Å². The molecule has 0 radical (unpaired) electrons. The van der Waals surface area contributed by atoms with Crippen LogP contribution in [0.4, 0.5) is 0 Å². The van der Waals surface area contributed by atoms with Crippen LogP contribution in [0.2, 0.25) is 0 Å². The zero-order valence-corrected chi connectivity index (χ0v) is 17.6. The molecular formula is C24H36S. The van der Waals surface area contributed by atoms with Crippen molar-refractivity contribution in [2.75, 3.05) is 5.75 Å². The molecule has 0 aromatic heterocycles. The summed E-state index contributed by atoms with van der Waals surface area (Å²) < 4.78 is 0. The molecule has 0 fully saturated rings. The number of benzene rings is 1. The number of hydrogen-bond acceptors (Lipinski definition) is 1. The quantitative estimate of drug-likeness (QED) is 0.285. The Kier molecular flexibility index (Phi) is 11.4. The molecule has 0 spiro atoms. The van der Waals surface area contributed by atoms with E-state index in [0.717, 1.165) is 5.75 Å². The highest BCUT2D eigenvalue weighted by Crippen LogP contribution is 2.21. The molecule has 0 N–H and O–H groups in total. The van der Waals surface area contributed by atoms with Crippen molar-refractivity contribution in [3.05, 3.63) is 65.8 Å². The van der Waals surface area contributed by atoms with Gasteiger partial charge in [-0.05, 0) is 70.4 Å². The molecule has 2 atom stereocenters. The van der Waals surface area contributed by atoms with Crippen LogP contribution in [-0.2, 0) is 0 Å². The van der Waals surface area contributed by atoms with Crippen molar-refractivity contribution < 1.29 is 0 Å². The van der Waals surface area contributed by atoms with Gasteiger partial charge in [0.2, 0.25) is 0 Å². The topological polar surface area (TPSA) is 0 Å². The minimum atomic E-state index is 0.669. The smallest absolute Gasteiger partial charge is 0.0163 e. The van der Waals surface area contributed by atoms with Crippen LogP contribution in [0.1, 0.15) is 60.3 Å². The van der Waals surface area contributed by atoms with Crippen LogP contribution in [0, 0.1) is 11.8 Å². The minimum Gasteiger partial charge on any atom is -0.122 e. The van der Waals surface area contributed by atoms with Crippen LogP contribution in [0.25, 0.3) is 0 Å². The third-order valence-electron chi connectivity index (χ3n) is 4.58. The summed E-state index contributed by atoms with van der Waals surface area (Å²) in [6.45, 7) is 11.3. The summed E-state index contributed by atoms with van der Waals surface area (Å²) in [5, 5.41) is 0. The van der Waals surface area contributed by atoms with Gasteiger partial charge in [0.1, 0.15) is 0 Å². The second-order valence-electron chi connectivity index (χ2n) is 7.31. The number of thioether (sulfide) groups is 1. The molecular weight excluding hydrogens is 320 g/mol. The van der Waals surface area contributed by atoms with Gasteiger partial charge in [0.05, 0.1) is 0 Å². The zero-order valence-electron chi connectivity index (χ0n) is 16.8. The van der Waals surface area contributed by atoms with Gasteiger partial charge < -0.3 is 0 Å². The first-order valence-corrected chi connectivity index (χ1v) is 10.6. The molecule has 0 amide bonds. The second-order valence-corrected chi connectivity index (χ2v) is 8.41. The van der Waals surface area contributed by atoms with Crippen LogP contribution in [-0.4, -0.2) is 5.75 Å². The Morgan fingerprint density at radius 2 is 1.68 bits per heavy atom. The summed E-state index contributed by atoms with van der Waals surface area (Å²) in [5.41, 5.74) is 2.95. The maximum Gasteiger partial charge on any atom is 0.0163 e. The molecule has 1 rings (SSSR count). The Morgan fingerprint density at radius 3 is 2.36 bits per heavy atom. The Balaban J connectivity index is 2.23. The summed E-state index contributed by atoms with van der Waals surface area (Å²) in [5.74, 6) is 2.42. The second kappa shape index (κ2) is 13.1. The van der Waals surface area contributed by atoms with Gasteiger partial charge in [-0.2, -0.15) is 0 Å². The SMILES string of the molecule is CC(C)=CCCC(C)/C=C/CCC(C)/C(C)=C/CSc1ccccc1. The fourth-order valence-corrected chi connectivity index (χ4v) is 3.51. The van der Waals surface area contributed by atoms with Crippen molar-refractivity contribution in [3.8, 4) is 0 Å². The average Bonchev–Trinajstić information content (AvgIpc) is 2.59. The fourth-order valence-electron chi connectivity index (χ4n) is 2.62. The predicted octanol–water partition coefficient (Wildman–Crippen LogP) is 8.08. The van der Waals surface area contributed by atoms with Crippen LogP contribution >= 0.6 is 11.8 Å². The minimum absolute atomic E-state index is 0.669. The highest BCUT2D eigenvalue weighted by atomic mass is 32.2. The molecule has 0 aliphatic heterocycles. The van der Waals surface area contributed by atoms with Crippen LogP contribution in [0.15, 0.2) is 70.7 Å². The van der Waals surface area contributed by atoms with E-state index >= 15 is 0 Å². The van der Waals surface area contributed by atoms with Crippen LogP contribution in [0.3, 0.4) is 0 Å². The van der Waals surface area contributed by atoms with E-state index in [1.165, 1.54) is 41.7 Å². The summed E-state index contributed by atoms with van der Waals surface area (Å²) >= 11 is 1.91. The van der Waals surface area contributed by atoms with Gasteiger partial charge in [-0.15, -0.1) is 11.8 Å². The maximum atomic E-state index is 2.40. The van der Waals surface area contributed by atoms with E-state index < -0.39 is 0 Å². The van der Waals surface area contributed by atoms with E-state index in [1.54, 1.807) is 0 Å². The van der Waals surface area contributed by atoms with Crippen molar-refractivity contribution in [2.24, 2.45) is 11.8 Å². The van der Waals surface area contributed by atoms with Gasteiger partial charge in [0.15, 0.2) is 0 Å². The summed E-state index contributed by atoms with van der Waals surface area (Å²) in [6.07, 6.45) is 14.4. The van der Waals surface area contributed by atoms with E-state index in [9.17, 15) is 0 Å². The molecule has 1 heteroatoms. The largest absolute Gasteiger partial charge is 0.122 e. The van der Waals surface area contributed by atoms with Gasteiger partial charge in [-0.3, -0.25) is 0 Å². The normalized spacial score (nSPS) is 14.5. The molecule has 2 unspecified atom stereocenters. The Morgan fingerprint density at radius 1 is 0.960 bits per heavy atom. The first-order valence-electron chi connectivity index (χ1n) is 9.63. The molecule has 0 saturated carbocycles. The van der Waals surface area contributed by atoms with E-state index in [-0.39, 0.29) is 0 Å². The third-order valence-corrected chi connectivity index (χ3v) is 5.52. The molecule has 0 bridgehead atoms. The van der Waals surface area contributed by atoms with Crippen LogP contribution < -0.4 is 0 Å². The predicted molar refractivity (Wildman–Crippen MR) is 116 cm³/mol. The Labute approximate surface area is 160 Å². The number of hydrogen-bond donors (Lipinski definition) is 0. The van der Waals surface area contributed by atoms with E-state index in [0.29, 0.717) is 11.8 Å². The highest BCUT2D eigenvalue weighted by molar-refractivity contribution is 7.99. The molecule has 138 valence electrons. The van der Waals surface area contributed by atoms with Gasteiger partial charge in [0, 0.05) is 10.6 Å². The molecule has 0 nitrogen and oxygen atoms in total. The lowest BCUT2D eigenvalue weighted by Gasteiger charge is -2.11. The molecule has 0 aliphatic carbocycles. The van der Waals surface area contributed by atoms with E-state index in [4.69, 9.17) is 0 Å². The van der Waals surface area contributed by atoms with Crippen molar-refractivity contribution in [1.29, 1.82) is 0 Å². The molecule has 1 aromatic carbocycles. The fraction of sp³-hybridized carbons (Fsp3) is 0.500. The third kappa shape index (κ3) is 11.1. The highest BCUT2D eigenvalue weighted by Gasteiger charge is 2.03. The molecule has 0 aliphatic rings. The van der Waals surface area contributed by atoms with Gasteiger partial charge in [0.25, 0.3) is 0 Å². The summed E-state index contributed by atoms with van der Waals surface area (Å²) in [4.78, 5) is 1.35. The number of allylic oxidation sites excluding steroid dienone is 5. The molecule has 0 saturated heterocycles. The monoisotopic (exact) mass is 356 g/mol. The first kappa shape index (κ1) is 21.8. The lowest BCUT2D eigenvalue weighted by Crippen LogP contribution is -1.96. The molecule has 25 heavy (non-hydrogen) atoms. The van der Waals surface area contributed by atoms with E-state index in [1.807, 2.05) is 11.8 Å². The lowest BCUT2D eigenvalue weighted by molar-refractivity contribution is 0.613. The van der Waals surface area contributed by atoms with Gasteiger partial charge >= 0.3 is 0 Å². The van der Waals surface area contributed by atoms with Crippen molar-refractivity contribution in [3.63, 3.8) is 0 Å². The lowest BCUT2D eigenvalue weighted by atomic mass is 9.96. The maximum absolute atomic E-state index is 2.40. The van der Waals surface area contributed by atoms with Crippen molar-refractivity contribution in [1.82, 2.24) is 0 Å². The summed E-state index contributed by atoms with van der Waals surface area (Å²) in [7, 11) is 0. The zero-order chi connectivity index (χ0) is 18.5. The number of rotatable bonds is 11. The summed E-state index contributed by atoms with van der Waals surface area (Å²) in [6, 6.07) is 10.6. The Hall–Kier alpha value is -1.21. The first-order chi connectivity index (χ1) is 12.0. The average molecular weight is 357 g/mol. The standard InChI is InChI=1S/C24H36S/c1-20(2)12-11-14-21(3)13-9-10-15-22(4)23(5)18-19-25-24-16-7-6-8-17-24/h6-9,12-13,16-18,21-22H,10-11,14-15,19H2,1-5H3/b13-9+,23-18+. The molecule has 0 heterocycles. The van der Waals surface area contributed by atoms with Crippen LogP contribution in [0.5, 0.6) is 0 Å². The van der Waals surface area contributed by atoms with Gasteiger partial charge in [-0.25, -0.2) is 0 Å². The molecule has 1 aromatic rings. The van der Waals surface area contributed by atoms with Gasteiger partial charge in [-0.1, -0.05) is 67.5 Å². The van der Waals surface area contributed by atoms with Crippen molar-refractivity contribution in [2.45, 2.75) is 65.2 Å².